The van der Waals surface area contributed by atoms with Crippen molar-refractivity contribution in [3.05, 3.63) is 33.9 Å². The molecule has 0 saturated heterocycles. The molecule has 0 unspecified atom stereocenters. The van der Waals surface area contributed by atoms with Crippen molar-refractivity contribution in [2.24, 2.45) is 0 Å². The van der Waals surface area contributed by atoms with E-state index in [9.17, 15) is 10.1 Å². The van der Waals surface area contributed by atoms with Crippen molar-refractivity contribution < 1.29 is 14.4 Å². The second-order valence-corrected chi connectivity index (χ2v) is 2.89. The van der Waals surface area contributed by atoms with E-state index in [1.807, 2.05) is 0 Å². The lowest BCUT2D eigenvalue weighted by molar-refractivity contribution is -0.385. The quantitative estimate of drug-likeness (QED) is 0.428. The van der Waals surface area contributed by atoms with Crippen LogP contribution in [-0.2, 0) is 4.74 Å². The number of nitro benzene ring substituents is 1. The zero-order valence-electron chi connectivity index (χ0n) is 8.67. The predicted molar refractivity (Wildman–Crippen MR) is 55.2 cm³/mol. The molecule has 0 radical (unpaired) electrons. The molecule has 0 saturated carbocycles. The number of benzene rings is 1. The number of ether oxygens (including phenoxy) is 2. The maximum atomic E-state index is 10.6. The van der Waals surface area contributed by atoms with Crippen LogP contribution in [0, 0.1) is 21.4 Å². The number of methoxy groups -OCH3 is 1. The van der Waals surface area contributed by atoms with Gasteiger partial charge in [-0.25, -0.2) is 0 Å². The van der Waals surface area contributed by atoms with E-state index in [1.54, 1.807) is 6.07 Å². The fourth-order valence-corrected chi connectivity index (χ4v) is 1.09. The Bertz CT molecular complexity index is 425. The molecule has 1 aromatic carbocycles. The predicted octanol–water partition coefficient (Wildman–Crippen LogP) is 1.49. The molecule has 6 heteroatoms. The molecule has 0 fully saturated rings. The zero-order valence-corrected chi connectivity index (χ0v) is 8.67. The van der Waals surface area contributed by atoms with Crippen molar-refractivity contribution in [2.75, 3.05) is 20.3 Å². The monoisotopic (exact) mass is 222 g/mol. The van der Waals surface area contributed by atoms with Crippen molar-refractivity contribution in [1.29, 1.82) is 5.26 Å². The van der Waals surface area contributed by atoms with E-state index in [2.05, 4.69) is 0 Å². The number of nitrogens with zero attached hydrogens (tertiary/aromatic N) is 2. The number of hydrogen-bond donors (Lipinski definition) is 0. The van der Waals surface area contributed by atoms with Gasteiger partial charge in [-0.15, -0.1) is 0 Å². The lowest BCUT2D eigenvalue weighted by atomic mass is 10.2. The van der Waals surface area contributed by atoms with Crippen molar-refractivity contribution in [1.82, 2.24) is 0 Å². The molecule has 0 atom stereocenters. The summed E-state index contributed by atoms with van der Waals surface area (Å²) in [6, 6.07) is 5.86. The Balaban J connectivity index is 2.86. The van der Waals surface area contributed by atoms with Crippen LogP contribution in [0.2, 0.25) is 0 Å². The lowest BCUT2D eigenvalue weighted by Gasteiger charge is -2.05. The summed E-state index contributed by atoms with van der Waals surface area (Å²) in [5, 5.41) is 19.3. The largest absolute Gasteiger partial charge is 0.491 e. The minimum absolute atomic E-state index is 0.0177. The van der Waals surface area contributed by atoms with E-state index in [1.165, 1.54) is 25.3 Å². The first-order valence-corrected chi connectivity index (χ1v) is 4.49. The summed E-state index contributed by atoms with van der Waals surface area (Å²) >= 11 is 0. The molecule has 84 valence electrons. The summed E-state index contributed by atoms with van der Waals surface area (Å²) in [7, 11) is 1.53. The highest BCUT2D eigenvalue weighted by Crippen LogP contribution is 2.23. The third-order valence-corrected chi connectivity index (χ3v) is 1.84. The normalized spacial score (nSPS) is 9.50. The highest BCUT2D eigenvalue weighted by atomic mass is 16.6. The van der Waals surface area contributed by atoms with Gasteiger partial charge in [-0.1, -0.05) is 0 Å². The maximum absolute atomic E-state index is 10.6. The van der Waals surface area contributed by atoms with Gasteiger partial charge in [0.1, 0.15) is 24.0 Å². The minimum atomic E-state index is -0.609. The highest BCUT2D eigenvalue weighted by molar-refractivity contribution is 5.52. The Labute approximate surface area is 92.2 Å². The second-order valence-electron chi connectivity index (χ2n) is 2.89. The molecule has 0 amide bonds. The van der Waals surface area contributed by atoms with Crippen molar-refractivity contribution in [3.63, 3.8) is 0 Å². The number of nitriles is 1. The smallest absolute Gasteiger partial charge is 0.290 e. The van der Waals surface area contributed by atoms with Crippen LogP contribution in [0.3, 0.4) is 0 Å². The Morgan fingerprint density at radius 2 is 2.25 bits per heavy atom. The van der Waals surface area contributed by atoms with E-state index in [0.717, 1.165) is 0 Å². The minimum Gasteiger partial charge on any atom is -0.491 e. The summed E-state index contributed by atoms with van der Waals surface area (Å²) in [5.41, 5.74) is -0.235. The first-order valence-electron chi connectivity index (χ1n) is 4.49. The summed E-state index contributed by atoms with van der Waals surface area (Å²) in [4.78, 5) is 10.0. The molecule has 0 aliphatic rings. The van der Waals surface area contributed by atoms with Gasteiger partial charge in [0.05, 0.1) is 17.6 Å². The molecule has 0 bridgehead atoms. The van der Waals surface area contributed by atoms with Crippen LogP contribution in [0.15, 0.2) is 18.2 Å². The van der Waals surface area contributed by atoms with Crippen LogP contribution in [0.5, 0.6) is 5.75 Å². The third kappa shape index (κ3) is 2.93. The van der Waals surface area contributed by atoms with Crippen LogP contribution in [-0.4, -0.2) is 25.2 Å². The van der Waals surface area contributed by atoms with Gasteiger partial charge in [0.2, 0.25) is 0 Å². The molecule has 16 heavy (non-hydrogen) atoms. The Morgan fingerprint density at radius 3 is 2.81 bits per heavy atom. The van der Waals surface area contributed by atoms with Gasteiger partial charge in [0.25, 0.3) is 5.69 Å². The van der Waals surface area contributed by atoms with E-state index in [-0.39, 0.29) is 11.3 Å². The Hall–Kier alpha value is -2.13. The Kier molecular flexibility index (Phi) is 4.24. The Morgan fingerprint density at radius 1 is 1.50 bits per heavy atom. The summed E-state index contributed by atoms with van der Waals surface area (Å²) in [5.74, 6) is 0.350. The first kappa shape index (κ1) is 11.9. The average molecular weight is 222 g/mol. The number of nitro groups is 1. The molecule has 1 aromatic rings. The van der Waals surface area contributed by atoms with Crippen LogP contribution in [0.1, 0.15) is 5.56 Å². The van der Waals surface area contributed by atoms with Crippen molar-refractivity contribution >= 4 is 5.69 Å². The maximum Gasteiger partial charge on any atom is 0.290 e. The van der Waals surface area contributed by atoms with E-state index >= 15 is 0 Å². The molecular weight excluding hydrogens is 212 g/mol. The molecule has 6 nitrogen and oxygen atoms in total. The molecule has 0 aromatic heterocycles. The highest BCUT2D eigenvalue weighted by Gasteiger charge is 2.14. The third-order valence-electron chi connectivity index (χ3n) is 1.84. The van der Waals surface area contributed by atoms with Crippen LogP contribution < -0.4 is 4.74 Å². The van der Waals surface area contributed by atoms with Crippen LogP contribution in [0.25, 0.3) is 0 Å². The van der Waals surface area contributed by atoms with Crippen LogP contribution >= 0.6 is 0 Å². The molecule has 0 spiro atoms. The first-order chi connectivity index (χ1) is 7.69. The number of rotatable bonds is 5. The average Bonchev–Trinajstić information content (AvgIpc) is 2.29. The van der Waals surface area contributed by atoms with E-state index < -0.39 is 4.92 Å². The molecule has 0 aliphatic carbocycles. The van der Waals surface area contributed by atoms with Gasteiger partial charge in [0.15, 0.2) is 0 Å². The molecular formula is C10H10N2O4. The van der Waals surface area contributed by atoms with E-state index in [0.29, 0.717) is 19.0 Å². The van der Waals surface area contributed by atoms with Gasteiger partial charge in [-0.05, 0) is 12.1 Å². The summed E-state index contributed by atoms with van der Waals surface area (Å²) < 4.78 is 9.97. The lowest BCUT2D eigenvalue weighted by Crippen LogP contribution is -2.04. The fourth-order valence-electron chi connectivity index (χ4n) is 1.09. The van der Waals surface area contributed by atoms with Gasteiger partial charge in [-0.3, -0.25) is 10.1 Å². The van der Waals surface area contributed by atoms with Gasteiger partial charge in [-0.2, -0.15) is 5.26 Å². The second kappa shape index (κ2) is 5.68. The summed E-state index contributed by atoms with van der Waals surface area (Å²) in [6.07, 6.45) is 0. The van der Waals surface area contributed by atoms with Gasteiger partial charge < -0.3 is 9.47 Å². The van der Waals surface area contributed by atoms with Crippen molar-refractivity contribution in [3.8, 4) is 11.8 Å². The fraction of sp³-hybridized carbons (Fsp3) is 0.300. The molecule has 0 N–H and O–H groups in total. The molecule has 0 heterocycles. The van der Waals surface area contributed by atoms with Gasteiger partial charge in [0, 0.05) is 7.11 Å². The summed E-state index contributed by atoms with van der Waals surface area (Å²) in [6.45, 7) is 0.702. The van der Waals surface area contributed by atoms with Crippen LogP contribution in [0.4, 0.5) is 5.69 Å². The zero-order chi connectivity index (χ0) is 12.0. The van der Waals surface area contributed by atoms with E-state index in [4.69, 9.17) is 14.7 Å². The van der Waals surface area contributed by atoms with Gasteiger partial charge >= 0.3 is 0 Å². The SMILES string of the molecule is COCCOc1ccc(C#N)c([N+](=O)[O-])c1. The number of hydrogen-bond acceptors (Lipinski definition) is 5. The standard InChI is InChI=1S/C10H10N2O4/c1-15-4-5-16-9-3-2-8(7-11)10(6-9)12(13)14/h2-3,6H,4-5H2,1H3. The molecule has 1 rings (SSSR count). The van der Waals surface area contributed by atoms with Crippen molar-refractivity contribution in [2.45, 2.75) is 0 Å². The topological polar surface area (TPSA) is 85.4 Å². The molecule has 0 aliphatic heterocycles.